The summed E-state index contributed by atoms with van der Waals surface area (Å²) in [5, 5.41) is 6.47. The van der Waals surface area contributed by atoms with Gasteiger partial charge in [-0.25, -0.2) is 4.79 Å². The van der Waals surface area contributed by atoms with E-state index in [1.54, 1.807) is 25.0 Å². The predicted molar refractivity (Wildman–Crippen MR) is 72.4 cm³/mol. The van der Waals surface area contributed by atoms with Crippen molar-refractivity contribution in [3.05, 3.63) is 17.5 Å². The van der Waals surface area contributed by atoms with Gasteiger partial charge in [0.25, 0.3) is 0 Å². The van der Waals surface area contributed by atoms with Gasteiger partial charge in [0, 0.05) is 24.9 Å². The van der Waals surface area contributed by atoms with Crippen molar-refractivity contribution in [2.75, 3.05) is 25.1 Å². The van der Waals surface area contributed by atoms with Crippen LogP contribution >= 0.6 is 24.6 Å². The van der Waals surface area contributed by atoms with Crippen molar-refractivity contribution in [2.24, 2.45) is 0 Å². The predicted octanol–water partition coefficient (Wildman–Crippen LogP) is 1.74. The molecule has 0 atom stereocenters. The van der Waals surface area contributed by atoms with Gasteiger partial charge in [0.05, 0.1) is 6.20 Å². The highest BCUT2D eigenvalue weighted by Gasteiger charge is 2.03. The summed E-state index contributed by atoms with van der Waals surface area (Å²) in [6.07, 6.45) is 2.70. The fraction of sp³-hybridized carbons (Fsp3) is 0.600. The van der Waals surface area contributed by atoms with Crippen molar-refractivity contribution >= 4 is 30.6 Å². The number of hydrogen-bond acceptors (Lipinski definition) is 5. The average molecular weight is 275 g/mol. The van der Waals surface area contributed by atoms with E-state index in [0.717, 1.165) is 29.3 Å². The van der Waals surface area contributed by atoms with Gasteiger partial charge < -0.3 is 9.84 Å². The second kappa shape index (κ2) is 7.50. The molecule has 1 N–H and O–H groups in total. The highest BCUT2D eigenvalue weighted by atomic mass is 32.2. The Bertz CT molecular complexity index is 355. The molecule has 5 nitrogen and oxygen atoms in total. The van der Waals surface area contributed by atoms with Crippen LogP contribution < -0.4 is 5.32 Å². The van der Waals surface area contributed by atoms with E-state index < -0.39 is 0 Å². The minimum Gasteiger partial charge on any atom is -0.361 e. The largest absolute Gasteiger partial charge is 0.361 e. The van der Waals surface area contributed by atoms with Crippen LogP contribution in [0.3, 0.4) is 0 Å². The van der Waals surface area contributed by atoms with E-state index in [2.05, 4.69) is 23.3 Å². The summed E-state index contributed by atoms with van der Waals surface area (Å²) in [7, 11) is 1.60. The standard InChI is InChI=1S/C10H17N3O2S2/c1-8-9(7-12-15-8)3-5-17-6-4-11-10(14)13(2)16/h7,16H,3-6H2,1-2H3,(H,11,14). The van der Waals surface area contributed by atoms with Crippen LogP contribution in [-0.4, -0.2) is 40.6 Å². The maximum absolute atomic E-state index is 11.1. The van der Waals surface area contributed by atoms with Crippen molar-refractivity contribution in [1.82, 2.24) is 14.8 Å². The quantitative estimate of drug-likeness (QED) is 0.613. The molecular weight excluding hydrogens is 258 g/mol. The molecule has 0 radical (unpaired) electrons. The van der Waals surface area contributed by atoms with Crippen molar-refractivity contribution in [3.63, 3.8) is 0 Å². The van der Waals surface area contributed by atoms with Crippen LogP contribution in [0.25, 0.3) is 0 Å². The zero-order chi connectivity index (χ0) is 12.7. The van der Waals surface area contributed by atoms with Crippen molar-refractivity contribution in [2.45, 2.75) is 13.3 Å². The van der Waals surface area contributed by atoms with Gasteiger partial charge in [-0.05, 0) is 19.1 Å². The maximum atomic E-state index is 11.1. The Labute approximate surface area is 111 Å². The first-order valence-electron chi connectivity index (χ1n) is 5.29. The smallest absolute Gasteiger partial charge is 0.326 e. The molecule has 0 aliphatic heterocycles. The third-order valence-corrected chi connectivity index (χ3v) is 3.35. The summed E-state index contributed by atoms with van der Waals surface area (Å²) >= 11 is 5.67. The van der Waals surface area contributed by atoms with E-state index >= 15 is 0 Å². The molecule has 1 heterocycles. The van der Waals surface area contributed by atoms with Crippen molar-refractivity contribution in [3.8, 4) is 0 Å². The number of aromatic nitrogens is 1. The summed E-state index contributed by atoms with van der Waals surface area (Å²) in [5.41, 5.74) is 1.15. The molecule has 1 aromatic rings. The zero-order valence-electron chi connectivity index (χ0n) is 9.97. The molecule has 0 fully saturated rings. The minimum atomic E-state index is -0.177. The number of rotatable bonds is 6. The number of nitrogens with one attached hydrogen (secondary N) is 1. The zero-order valence-corrected chi connectivity index (χ0v) is 11.7. The molecule has 1 aromatic heterocycles. The van der Waals surface area contributed by atoms with Gasteiger partial charge in [0.2, 0.25) is 0 Å². The van der Waals surface area contributed by atoms with Gasteiger partial charge in [0.15, 0.2) is 0 Å². The lowest BCUT2D eigenvalue weighted by Gasteiger charge is -2.10. The van der Waals surface area contributed by atoms with Crippen molar-refractivity contribution in [1.29, 1.82) is 0 Å². The van der Waals surface area contributed by atoms with Gasteiger partial charge in [0.1, 0.15) is 5.76 Å². The molecule has 0 unspecified atom stereocenters. The van der Waals surface area contributed by atoms with E-state index in [0.29, 0.717) is 6.54 Å². The van der Waals surface area contributed by atoms with Gasteiger partial charge in [-0.1, -0.05) is 18.0 Å². The second-order valence-corrected chi connectivity index (χ2v) is 5.35. The molecule has 7 heteroatoms. The number of amides is 2. The van der Waals surface area contributed by atoms with Crippen LogP contribution in [0.1, 0.15) is 11.3 Å². The topological polar surface area (TPSA) is 58.4 Å². The van der Waals surface area contributed by atoms with Gasteiger partial charge in [-0.15, -0.1) is 0 Å². The first-order chi connectivity index (χ1) is 8.11. The van der Waals surface area contributed by atoms with Crippen LogP contribution in [0.2, 0.25) is 0 Å². The average Bonchev–Trinajstić information content (AvgIpc) is 2.68. The normalized spacial score (nSPS) is 10.3. The van der Waals surface area contributed by atoms with E-state index in [1.165, 1.54) is 4.31 Å². The van der Waals surface area contributed by atoms with E-state index in [9.17, 15) is 4.79 Å². The number of aryl methyl sites for hydroxylation is 2. The number of thiol groups is 1. The Morgan fingerprint density at radius 1 is 1.65 bits per heavy atom. The summed E-state index contributed by atoms with van der Waals surface area (Å²) in [4.78, 5) is 11.1. The number of hydrogen-bond donors (Lipinski definition) is 2. The third kappa shape index (κ3) is 5.36. The van der Waals surface area contributed by atoms with Gasteiger partial charge >= 0.3 is 6.03 Å². The van der Waals surface area contributed by atoms with Crippen LogP contribution in [0.15, 0.2) is 10.7 Å². The number of carbonyl (C=O) groups excluding carboxylic acids is 1. The molecule has 0 aliphatic rings. The lowest BCUT2D eigenvalue weighted by molar-refractivity contribution is 0.231. The monoisotopic (exact) mass is 275 g/mol. The molecule has 96 valence electrons. The molecule has 0 aromatic carbocycles. The van der Waals surface area contributed by atoms with Crippen LogP contribution in [0.5, 0.6) is 0 Å². The number of nitrogens with zero attached hydrogens (tertiary/aromatic N) is 2. The number of carbonyl (C=O) groups is 1. The SMILES string of the molecule is Cc1oncc1CCSCCNC(=O)N(C)S. The second-order valence-electron chi connectivity index (χ2n) is 3.53. The summed E-state index contributed by atoms with van der Waals surface area (Å²) in [6.45, 7) is 2.56. The summed E-state index contributed by atoms with van der Waals surface area (Å²) in [5.74, 6) is 2.77. The fourth-order valence-corrected chi connectivity index (χ4v) is 2.07. The minimum absolute atomic E-state index is 0.177. The number of thioether (sulfide) groups is 1. The Morgan fingerprint density at radius 3 is 3.00 bits per heavy atom. The van der Waals surface area contributed by atoms with E-state index in [-0.39, 0.29) is 6.03 Å². The van der Waals surface area contributed by atoms with Crippen LogP contribution in [0.4, 0.5) is 4.79 Å². The Morgan fingerprint density at radius 2 is 2.41 bits per heavy atom. The van der Waals surface area contributed by atoms with Gasteiger partial charge in [-0.3, -0.25) is 4.31 Å². The van der Waals surface area contributed by atoms with Crippen LogP contribution in [0, 0.1) is 6.92 Å². The molecule has 0 saturated heterocycles. The molecule has 17 heavy (non-hydrogen) atoms. The summed E-state index contributed by atoms with van der Waals surface area (Å²) in [6, 6.07) is -0.177. The maximum Gasteiger partial charge on any atom is 0.326 e. The first kappa shape index (κ1) is 14.2. The summed E-state index contributed by atoms with van der Waals surface area (Å²) < 4.78 is 6.20. The molecule has 0 bridgehead atoms. The van der Waals surface area contributed by atoms with E-state index in [4.69, 9.17) is 4.52 Å². The number of urea groups is 1. The highest BCUT2D eigenvalue weighted by Crippen LogP contribution is 2.10. The molecule has 1 rings (SSSR count). The van der Waals surface area contributed by atoms with Crippen molar-refractivity contribution < 1.29 is 9.32 Å². The Balaban J connectivity index is 2.02. The molecule has 0 aliphatic carbocycles. The lowest BCUT2D eigenvalue weighted by atomic mass is 10.2. The molecule has 0 saturated carbocycles. The molecule has 0 spiro atoms. The van der Waals surface area contributed by atoms with E-state index in [1.807, 2.05) is 6.92 Å². The first-order valence-corrected chi connectivity index (χ1v) is 6.85. The van der Waals surface area contributed by atoms with Crippen LogP contribution in [-0.2, 0) is 6.42 Å². The highest BCUT2D eigenvalue weighted by molar-refractivity contribution is 7.99. The lowest BCUT2D eigenvalue weighted by Crippen LogP contribution is -2.33. The Hall–Kier alpha value is -0.820. The van der Waals surface area contributed by atoms with Gasteiger partial charge in [-0.2, -0.15) is 11.8 Å². The molecular formula is C10H17N3O2S2. The Kier molecular flexibility index (Phi) is 6.28. The third-order valence-electron chi connectivity index (χ3n) is 2.18. The molecule has 2 amide bonds. The fourth-order valence-electron chi connectivity index (χ4n) is 1.19.